The van der Waals surface area contributed by atoms with E-state index in [9.17, 15) is 4.79 Å². The van der Waals surface area contributed by atoms with Gasteiger partial charge in [0.15, 0.2) is 0 Å². The van der Waals surface area contributed by atoms with Crippen LogP contribution in [-0.2, 0) is 16.1 Å². The SMILES string of the molecule is COCc1nn(C(C)c2ccccc2)cc1NC(=O)CSc1ccc(Br)cc1. The van der Waals surface area contributed by atoms with Crippen molar-refractivity contribution >= 4 is 39.3 Å². The molecule has 146 valence electrons. The van der Waals surface area contributed by atoms with Crippen molar-refractivity contribution in [1.82, 2.24) is 9.78 Å². The molecule has 1 heterocycles. The van der Waals surface area contributed by atoms with E-state index in [0.29, 0.717) is 23.7 Å². The molecule has 3 rings (SSSR count). The molecule has 3 aromatic rings. The number of aromatic nitrogens is 2. The standard InChI is InChI=1S/C21H22BrN3O2S/c1-15(16-6-4-3-5-7-16)25-12-19(20(24-25)13-27-2)23-21(26)14-28-18-10-8-17(22)9-11-18/h3-12,15H,13-14H2,1-2H3,(H,23,26). The lowest BCUT2D eigenvalue weighted by Crippen LogP contribution is -2.14. The maximum atomic E-state index is 12.4. The zero-order valence-corrected chi connectivity index (χ0v) is 18.2. The Morgan fingerprint density at radius 1 is 1.21 bits per heavy atom. The lowest BCUT2D eigenvalue weighted by Gasteiger charge is -2.12. The molecular formula is C21H22BrN3O2S. The minimum atomic E-state index is -0.0721. The Morgan fingerprint density at radius 3 is 2.61 bits per heavy atom. The summed E-state index contributed by atoms with van der Waals surface area (Å²) in [4.78, 5) is 13.5. The number of ether oxygens (including phenoxy) is 1. The largest absolute Gasteiger partial charge is 0.378 e. The first-order valence-corrected chi connectivity index (χ1v) is 10.6. The van der Waals surface area contributed by atoms with E-state index in [1.54, 1.807) is 7.11 Å². The summed E-state index contributed by atoms with van der Waals surface area (Å²) in [5.41, 5.74) is 2.55. The van der Waals surface area contributed by atoms with Crippen molar-refractivity contribution in [3.8, 4) is 0 Å². The number of hydrogen-bond donors (Lipinski definition) is 1. The van der Waals surface area contributed by atoms with E-state index in [4.69, 9.17) is 4.74 Å². The number of nitrogens with zero attached hydrogens (tertiary/aromatic N) is 2. The number of benzene rings is 2. The molecule has 0 fully saturated rings. The van der Waals surface area contributed by atoms with Crippen LogP contribution in [0.3, 0.4) is 0 Å². The highest BCUT2D eigenvalue weighted by Crippen LogP contribution is 2.24. The summed E-state index contributed by atoms with van der Waals surface area (Å²) in [6.45, 7) is 2.41. The minimum Gasteiger partial charge on any atom is -0.378 e. The Labute approximate surface area is 177 Å². The van der Waals surface area contributed by atoms with Gasteiger partial charge in [-0.3, -0.25) is 9.48 Å². The maximum absolute atomic E-state index is 12.4. The van der Waals surface area contributed by atoms with E-state index < -0.39 is 0 Å². The molecule has 28 heavy (non-hydrogen) atoms. The molecule has 0 bridgehead atoms. The van der Waals surface area contributed by atoms with Crippen LogP contribution in [0.4, 0.5) is 5.69 Å². The van der Waals surface area contributed by atoms with Crippen LogP contribution in [0.1, 0.15) is 24.2 Å². The van der Waals surface area contributed by atoms with E-state index in [1.807, 2.05) is 53.3 Å². The Hall–Kier alpha value is -2.09. The summed E-state index contributed by atoms with van der Waals surface area (Å²) in [7, 11) is 1.62. The van der Waals surface area contributed by atoms with Gasteiger partial charge >= 0.3 is 0 Å². The average molecular weight is 460 g/mol. The number of amides is 1. The zero-order valence-electron chi connectivity index (χ0n) is 15.8. The molecular weight excluding hydrogens is 438 g/mol. The molecule has 1 amide bonds. The summed E-state index contributed by atoms with van der Waals surface area (Å²) in [5, 5.41) is 7.59. The van der Waals surface area contributed by atoms with Gasteiger partial charge in [-0.1, -0.05) is 46.3 Å². The van der Waals surface area contributed by atoms with E-state index in [2.05, 4.69) is 45.4 Å². The number of halogens is 1. The third-order valence-corrected chi connectivity index (χ3v) is 5.77. The third kappa shape index (κ3) is 5.47. The first-order chi connectivity index (χ1) is 13.6. The fourth-order valence-corrected chi connectivity index (χ4v) is 3.69. The Bertz CT molecular complexity index is 913. The van der Waals surface area contributed by atoms with Gasteiger partial charge in [0.2, 0.25) is 5.91 Å². The van der Waals surface area contributed by atoms with Crippen LogP contribution in [0.25, 0.3) is 0 Å². The second-order valence-electron chi connectivity index (χ2n) is 6.28. The summed E-state index contributed by atoms with van der Waals surface area (Å²) in [6.07, 6.45) is 1.87. The van der Waals surface area contributed by atoms with Gasteiger partial charge in [0.1, 0.15) is 5.69 Å². The lowest BCUT2D eigenvalue weighted by molar-refractivity contribution is -0.113. The van der Waals surface area contributed by atoms with Gasteiger partial charge in [-0.25, -0.2) is 0 Å². The molecule has 7 heteroatoms. The molecule has 2 aromatic carbocycles. The summed E-state index contributed by atoms with van der Waals surface area (Å²) >= 11 is 4.91. The second-order valence-corrected chi connectivity index (χ2v) is 8.24. The van der Waals surface area contributed by atoms with Crippen molar-refractivity contribution in [2.45, 2.75) is 24.5 Å². The summed E-state index contributed by atoms with van der Waals surface area (Å²) in [6, 6.07) is 18.1. The highest BCUT2D eigenvalue weighted by atomic mass is 79.9. The van der Waals surface area contributed by atoms with Crippen LogP contribution in [0.15, 0.2) is 70.2 Å². The molecule has 0 aliphatic rings. The number of rotatable bonds is 8. The molecule has 0 saturated carbocycles. The molecule has 1 N–H and O–H groups in total. The zero-order chi connectivity index (χ0) is 19.9. The smallest absolute Gasteiger partial charge is 0.234 e. The average Bonchev–Trinajstić information content (AvgIpc) is 3.10. The molecule has 0 aliphatic carbocycles. The number of thioether (sulfide) groups is 1. The predicted octanol–water partition coefficient (Wildman–Crippen LogP) is 5.13. The number of carbonyl (C=O) groups is 1. The quantitative estimate of drug-likeness (QED) is 0.474. The molecule has 0 radical (unpaired) electrons. The molecule has 0 spiro atoms. The van der Waals surface area contributed by atoms with Crippen molar-refractivity contribution in [2.24, 2.45) is 0 Å². The van der Waals surface area contributed by atoms with E-state index in [-0.39, 0.29) is 11.9 Å². The molecule has 0 saturated heterocycles. The normalized spacial score (nSPS) is 12.0. The highest BCUT2D eigenvalue weighted by Gasteiger charge is 2.16. The highest BCUT2D eigenvalue weighted by molar-refractivity contribution is 9.10. The summed E-state index contributed by atoms with van der Waals surface area (Å²) in [5.74, 6) is 0.255. The maximum Gasteiger partial charge on any atom is 0.234 e. The number of hydrogen-bond acceptors (Lipinski definition) is 4. The fraction of sp³-hybridized carbons (Fsp3) is 0.238. The lowest BCUT2D eigenvalue weighted by atomic mass is 10.1. The number of anilines is 1. The van der Waals surface area contributed by atoms with Crippen molar-refractivity contribution in [2.75, 3.05) is 18.2 Å². The van der Waals surface area contributed by atoms with Gasteiger partial charge < -0.3 is 10.1 Å². The van der Waals surface area contributed by atoms with Crippen molar-refractivity contribution in [3.05, 3.63) is 76.5 Å². The van der Waals surface area contributed by atoms with Gasteiger partial charge in [-0.05, 0) is 36.8 Å². The van der Waals surface area contributed by atoms with E-state index in [0.717, 1.165) is 14.9 Å². The van der Waals surface area contributed by atoms with E-state index >= 15 is 0 Å². The van der Waals surface area contributed by atoms with Gasteiger partial charge in [-0.2, -0.15) is 5.10 Å². The Kier molecular flexibility index (Phi) is 7.30. The molecule has 5 nitrogen and oxygen atoms in total. The minimum absolute atomic E-state index is 0.0552. The van der Waals surface area contributed by atoms with Crippen LogP contribution >= 0.6 is 27.7 Å². The van der Waals surface area contributed by atoms with Gasteiger partial charge in [0, 0.05) is 22.7 Å². The van der Waals surface area contributed by atoms with Gasteiger partial charge in [-0.15, -0.1) is 11.8 Å². The van der Waals surface area contributed by atoms with Crippen LogP contribution in [0.2, 0.25) is 0 Å². The molecule has 1 unspecified atom stereocenters. The Morgan fingerprint density at radius 2 is 1.93 bits per heavy atom. The molecule has 1 aromatic heterocycles. The van der Waals surface area contributed by atoms with Crippen LogP contribution in [0.5, 0.6) is 0 Å². The van der Waals surface area contributed by atoms with Crippen molar-refractivity contribution < 1.29 is 9.53 Å². The van der Waals surface area contributed by atoms with Crippen molar-refractivity contribution in [3.63, 3.8) is 0 Å². The van der Waals surface area contributed by atoms with Crippen LogP contribution < -0.4 is 5.32 Å². The van der Waals surface area contributed by atoms with Crippen molar-refractivity contribution in [1.29, 1.82) is 0 Å². The van der Waals surface area contributed by atoms with Crippen LogP contribution in [-0.4, -0.2) is 28.6 Å². The molecule has 1 atom stereocenters. The number of methoxy groups -OCH3 is 1. The second kappa shape index (κ2) is 9.91. The topological polar surface area (TPSA) is 56.1 Å². The van der Waals surface area contributed by atoms with Crippen LogP contribution in [0, 0.1) is 0 Å². The molecule has 0 aliphatic heterocycles. The first kappa shape index (κ1) is 20.6. The fourth-order valence-electron chi connectivity index (χ4n) is 2.73. The monoisotopic (exact) mass is 459 g/mol. The third-order valence-electron chi connectivity index (χ3n) is 4.23. The number of carbonyl (C=O) groups excluding carboxylic acids is 1. The van der Waals surface area contributed by atoms with E-state index in [1.165, 1.54) is 11.8 Å². The number of nitrogens with one attached hydrogen (secondary N) is 1. The Balaban J connectivity index is 1.68. The summed E-state index contributed by atoms with van der Waals surface area (Å²) < 4.78 is 8.13. The first-order valence-electron chi connectivity index (χ1n) is 8.87. The predicted molar refractivity (Wildman–Crippen MR) is 117 cm³/mol. The van der Waals surface area contributed by atoms with Gasteiger partial charge in [0.25, 0.3) is 0 Å². The van der Waals surface area contributed by atoms with Gasteiger partial charge in [0.05, 0.1) is 24.1 Å².